The first-order chi connectivity index (χ1) is 8.61. The third kappa shape index (κ3) is 1.66. The topological polar surface area (TPSA) is 88.4 Å². The van der Waals surface area contributed by atoms with E-state index >= 15 is 0 Å². The minimum absolute atomic E-state index is 0.137. The number of esters is 1. The van der Waals surface area contributed by atoms with E-state index < -0.39 is 5.97 Å². The zero-order valence-corrected chi connectivity index (χ0v) is 10.1. The molecule has 6 heteroatoms. The van der Waals surface area contributed by atoms with Crippen LogP contribution in [0.1, 0.15) is 27.0 Å². The average molecular weight is 251 g/mol. The Morgan fingerprint density at radius 3 is 2.89 bits per heavy atom. The second kappa shape index (κ2) is 4.56. The number of nitrogens with zero attached hydrogens (tertiary/aromatic N) is 1. The number of fused-ring (bicyclic) bond motifs is 1. The number of oxime groups is 1. The van der Waals surface area contributed by atoms with Crippen LogP contribution in [-0.4, -0.2) is 29.6 Å². The molecular formula is C12H13NO5. The molecule has 0 saturated carbocycles. The first-order valence-electron chi connectivity index (χ1n) is 5.36. The number of cyclic esters (lactones) is 1. The van der Waals surface area contributed by atoms with Crippen molar-refractivity contribution in [3.63, 3.8) is 0 Å². The summed E-state index contributed by atoms with van der Waals surface area (Å²) in [5.41, 5.74) is 1.97. The number of rotatable bonds is 3. The summed E-state index contributed by atoms with van der Waals surface area (Å²) in [4.78, 5) is 11.6. The number of phenolic OH excluding ortho intramolecular Hbond substituents is 1. The average Bonchev–Trinajstić information content (AvgIpc) is 2.74. The van der Waals surface area contributed by atoms with E-state index in [2.05, 4.69) is 5.16 Å². The largest absolute Gasteiger partial charge is 0.507 e. The molecule has 2 rings (SSSR count). The van der Waals surface area contributed by atoms with Gasteiger partial charge in [0.05, 0.1) is 7.11 Å². The lowest BCUT2D eigenvalue weighted by Gasteiger charge is -2.15. The van der Waals surface area contributed by atoms with Gasteiger partial charge in [0.25, 0.3) is 0 Å². The van der Waals surface area contributed by atoms with E-state index in [4.69, 9.17) is 14.7 Å². The number of ether oxygens (including phenoxy) is 2. The fraction of sp³-hybridized carbons (Fsp3) is 0.333. The van der Waals surface area contributed by atoms with Crippen molar-refractivity contribution in [2.45, 2.75) is 20.0 Å². The van der Waals surface area contributed by atoms with Crippen LogP contribution >= 0.6 is 0 Å². The Morgan fingerprint density at radius 1 is 1.56 bits per heavy atom. The summed E-state index contributed by atoms with van der Waals surface area (Å²) in [6.07, 6.45) is 1.37. The molecule has 1 aliphatic rings. The quantitative estimate of drug-likeness (QED) is 0.366. The maximum Gasteiger partial charge on any atom is 0.342 e. The molecule has 0 unspecified atom stereocenters. The van der Waals surface area contributed by atoms with Crippen molar-refractivity contribution in [1.82, 2.24) is 0 Å². The molecule has 0 saturated heterocycles. The number of aromatic hydroxyl groups is 1. The predicted molar refractivity (Wildman–Crippen MR) is 62.5 cm³/mol. The van der Waals surface area contributed by atoms with Crippen molar-refractivity contribution in [3.05, 3.63) is 22.3 Å². The van der Waals surface area contributed by atoms with Crippen molar-refractivity contribution in [3.8, 4) is 11.5 Å². The van der Waals surface area contributed by atoms with Crippen LogP contribution in [0.2, 0.25) is 0 Å². The Balaban J connectivity index is 2.68. The molecule has 1 aromatic rings. The Morgan fingerprint density at radius 2 is 2.28 bits per heavy atom. The molecule has 2 N–H and O–H groups in total. The third-order valence-electron chi connectivity index (χ3n) is 3.02. The molecule has 1 aliphatic heterocycles. The molecule has 96 valence electrons. The molecule has 18 heavy (non-hydrogen) atoms. The minimum atomic E-state index is -0.546. The van der Waals surface area contributed by atoms with Gasteiger partial charge in [0.15, 0.2) is 0 Å². The second-order valence-electron chi connectivity index (χ2n) is 3.92. The van der Waals surface area contributed by atoms with Gasteiger partial charge in [-0.05, 0) is 12.5 Å². The van der Waals surface area contributed by atoms with Crippen LogP contribution < -0.4 is 4.74 Å². The van der Waals surface area contributed by atoms with Crippen molar-refractivity contribution in [1.29, 1.82) is 0 Å². The Hall–Kier alpha value is -2.24. The zero-order chi connectivity index (χ0) is 13.3. The smallest absolute Gasteiger partial charge is 0.342 e. The number of methoxy groups -OCH3 is 1. The molecule has 0 spiro atoms. The fourth-order valence-corrected chi connectivity index (χ4v) is 2.16. The van der Waals surface area contributed by atoms with Crippen LogP contribution in [0.4, 0.5) is 0 Å². The highest BCUT2D eigenvalue weighted by atomic mass is 16.5. The van der Waals surface area contributed by atoms with Gasteiger partial charge in [-0.3, -0.25) is 0 Å². The van der Waals surface area contributed by atoms with E-state index in [1.54, 1.807) is 6.92 Å². The van der Waals surface area contributed by atoms with Gasteiger partial charge < -0.3 is 19.8 Å². The summed E-state index contributed by atoms with van der Waals surface area (Å²) in [5, 5.41) is 21.5. The molecule has 0 amide bonds. The Labute approximate surface area is 103 Å². The van der Waals surface area contributed by atoms with Gasteiger partial charge in [-0.2, -0.15) is 0 Å². The first-order valence-corrected chi connectivity index (χ1v) is 5.36. The number of phenols is 1. The summed E-state index contributed by atoms with van der Waals surface area (Å²) in [7, 11) is 1.48. The Bertz CT molecular complexity index is 536. The lowest BCUT2D eigenvalue weighted by Crippen LogP contribution is -2.03. The van der Waals surface area contributed by atoms with Gasteiger partial charge in [-0.25, -0.2) is 4.79 Å². The molecule has 0 aromatic heterocycles. The summed E-state index contributed by atoms with van der Waals surface area (Å²) in [6, 6.07) is 0. The maximum absolute atomic E-state index is 11.6. The number of benzene rings is 1. The lowest BCUT2D eigenvalue weighted by atomic mass is 9.96. The fourth-order valence-electron chi connectivity index (χ4n) is 2.16. The summed E-state index contributed by atoms with van der Waals surface area (Å²) in [5.74, 6) is -0.241. The lowest BCUT2D eigenvalue weighted by molar-refractivity contribution is 0.0533. The van der Waals surface area contributed by atoms with E-state index in [-0.39, 0.29) is 24.3 Å². The van der Waals surface area contributed by atoms with Crippen molar-refractivity contribution in [2.75, 3.05) is 7.11 Å². The van der Waals surface area contributed by atoms with E-state index in [0.717, 1.165) is 5.56 Å². The van der Waals surface area contributed by atoms with Crippen molar-refractivity contribution < 1.29 is 24.6 Å². The van der Waals surface area contributed by atoms with Gasteiger partial charge in [0, 0.05) is 23.8 Å². The molecular weight excluding hydrogens is 238 g/mol. The van der Waals surface area contributed by atoms with E-state index in [0.29, 0.717) is 16.9 Å². The summed E-state index contributed by atoms with van der Waals surface area (Å²) >= 11 is 0. The highest BCUT2D eigenvalue weighted by molar-refractivity contribution is 5.98. The zero-order valence-electron chi connectivity index (χ0n) is 10.1. The summed E-state index contributed by atoms with van der Waals surface area (Å²) < 4.78 is 10.2. The SMILES string of the molecule is COc1c(C)c2c(c(O)c1CC=NO)C(=O)OC2. The Kier molecular flexibility index (Phi) is 3.10. The van der Waals surface area contributed by atoms with Gasteiger partial charge in [-0.1, -0.05) is 0 Å². The second-order valence-corrected chi connectivity index (χ2v) is 3.92. The van der Waals surface area contributed by atoms with Gasteiger partial charge in [-0.15, -0.1) is 5.16 Å². The molecule has 0 fully saturated rings. The highest BCUT2D eigenvalue weighted by Gasteiger charge is 2.31. The van der Waals surface area contributed by atoms with E-state index in [9.17, 15) is 9.90 Å². The van der Waals surface area contributed by atoms with Crippen molar-refractivity contribution in [2.24, 2.45) is 5.16 Å². The van der Waals surface area contributed by atoms with Crippen LogP contribution in [0.5, 0.6) is 11.5 Å². The highest BCUT2D eigenvalue weighted by Crippen LogP contribution is 2.41. The van der Waals surface area contributed by atoms with Gasteiger partial charge in [0.2, 0.25) is 0 Å². The van der Waals surface area contributed by atoms with Crippen LogP contribution in [0.25, 0.3) is 0 Å². The first kappa shape index (κ1) is 12.2. The summed E-state index contributed by atoms with van der Waals surface area (Å²) in [6.45, 7) is 1.93. The molecule has 1 heterocycles. The third-order valence-corrected chi connectivity index (χ3v) is 3.02. The molecule has 0 radical (unpaired) electrons. The van der Waals surface area contributed by atoms with E-state index in [1.165, 1.54) is 13.3 Å². The number of hydrogen-bond acceptors (Lipinski definition) is 6. The molecule has 0 bridgehead atoms. The van der Waals surface area contributed by atoms with Crippen LogP contribution in [0, 0.1) is 6.92 Å². The van der Waals surface area contributed by atoms with E-state index in [1.807, 2.05) is 0 Å². The van der Waals surface area contributed by atoms with Crippen molar-refractivity contribution >= 4 is 12.2 Å². The van der Waals surface area contributed by atoms with Crippen LogP contribution in [0.3, 0.4) is 0 Å². The molecule has 0 aliphatic carbocycles. The van der Waals surface area contributed by atoms with Crippen LogP contribution in [-0.2, 0) is 17.8 Å². The molecule has 6 nitrogen and oxygen atoms in total. The minimum Gasteiger partial charge on any atom is -0.507 e. The number of hydrogen-bond donors (Lipinski definition) is 2. The van der Waals surface area contributed by atoms with Crippen LogP contribution in [0.15, 0.2) is 5.16 Å². The number of carbonyl (C=O) groups is 1. The molecule has 0 atom stereocenters. The predicted octanol–water partition coefficient (Wildman–Crippen LogP) is 1.38. The van der Waals surface area contributed by atoms with Gasteiger partial charge in [0.1, 0.15) is 23.7 Å². The number of carbonyl (C=O) groups excluding carboxylic acids is 1. The normalized spacial score (nSPS) is 13.8. The van der Waals surface area contributed by atoms with Gasteiger partial charge >= 0.3 is 5.97 Å². The maximum atomic E-state index is 11.6. The molecule has 1 aromatic carbocycles. The monoisotopic (exact) mass is 251 g/mol. The standard InChI is InChI=1S/C12H13NO5/c1-6-8-5-18-12(15)9(8)10(14)7(3-4-13-16)11(6)17-2/h4,14,16H,3,5H2,1-2H3.